The van der Waals surface area contributed by atoms with Crippen LogP contribution in [0.15, 0.2) is 15.9 Å². The summed E-state index contributed by atoms with van der Waals surface area (Å²) >= 11 is 4.81. The molecule has 0 spiro atoms. The fraction of sp³-hybridized carbons (Fsp3) is 0.583. The molecule has 0 aliphatic heterocycles. The fourth-order valence-electron chi connectivity index (χ4n) is 1.47. The van der Waals surface area contributed by atoms with Crippen LogP contribution in [-0.4, -0.2) is 29.6 Å². The van der Waals surface area contributed by atoms with Crippen molar-refractivity contribution in [1.82, 2.24) is 5.32 Å². The first-order valence-electron chi connectivity index (χ1n) is 5.59. The zero-order valence-electron chi connectivity index (χ0n) is 10.1. The largest absolute Gasteiger partial charge is 0.396 e. The lowest BCUT2D eigenvalue weighted by molar-refractivity contribution is 0.0983. The van der Waals surface area contributed by atoms with Crippen LogP contribution in [0.1, 0.15) is 36.4 Å². The molecular formula is C12H18BrNO2S. The summed E-state index contributed by atoms with van der Waals surface area (Å²) in [6.45, 7) is 4.85. The Morgan fingerprint density at radius 1 is 1.53 bits per heavy atom. The van der Waals surface area contributed by atoms with Crippen LogP contribution in [0.5, 0.6) is 0 Å². The van der Waals surface area contributed by atoms with Crippen molar-refractivity contribution in [1.29, 1.82) is 0 Å². The van der Waals surface area contributed by atoms with Gasteiger partial charge in [-0.2, -0.15) is 0 Å². The third-order valence-electron chi connectivity index (χ3n) is 2.54. The predicted octanol–water partition coefficient (Wildman–Crippen LogP) is 2.83. The van der Waals surface area contributed by atoms with Crippen LogP contribution >= 0.6 is 27.3 Å². The smallest absolute Gasteiger partial charge is 0.174 e. The Hall–Kier alpha value is -0.230. The number of hydrogen-bond donors (Lipinski definition) is 2. The topological polar surface area (TPSA) is 49.3 Å². The highest BCUT2D eigenvalue weighted by Gasteiger charge is 2.16. The summed E-state index contributed by atoms with van der Waals surface area (Å²) in [6, 6.07) is 3.73. The highest BCUT2D eigenvalue weighted by atomic mass is 79.9. The van der Waals surface area contributed by atoms with Crippen molar-refractivity contribution in [3.63, 3.8) is 0 Å². The lowest BCUT2D eigenvalue weighted by Gasteiger charge is -2.25. The molecule has 0 amide bonds. The Kier molecular flexibility index (Phi) is 5.79. The van der Waals surface area contributed by atoms with E-state index < -0.39 is 0 Å². The van der Waals surface area contributed by atoms with E-state index in [1.807, 2.05) is 26.0 Å². The van der Waals surface area contributed by atoms with Crippen molar-refractivity contribution < 1.29 is 9.90 Å². The Morgan fingerprint density at radius 3 is 2.76 bits per heavy atom. The number of ketones is 1. The Morgan fingerprint density at radius 2 is 2.24 bits per heavy atom. The second-order valence-electron chi connectivity index (χ2n) is 4.56. The van der Waals surface area contributed by atoms with E-state index in [1.54, 1.807) is 0 Å². The predicted molar refractivity (Wildman–Crippen MR) is 74.8 cm³/mol. The van der Waals surface area contributed by atoms with Crippen molar-refractivity contribution >= 4 is 33.0 Å². The van der Waals surface area contributed by atoms with Gasteiger partial charge < -0.3 is 10.4 Å². The number of nitrogens with one attached hydrogen (secondary N) is 1. The molecule has 0 radical (unpaired) electrons. The van der Waals surface area contributed by atoms with E-state index in [4.69, 9.17) is 5.11 Å². The minimum atomic E-state index is -0.120. The average molecular weight is 320 g/mol. The molecule has 1 rings (SSSR count). The number of Topliss-reactive ketones (excluding diaryl/α,β-unsaturated/α-hetero) is 1. The summed E-state index contributed by atoms with van der Waals surface area (Å²) in [5.41, 5.74) is -0.120. The molecule has 1 aromatic rings. The Balaban J connectivity index is 2.34. The van der Waals surface area contributed by atoms with Crippen molar-refractivity contribution in [3.8, 4) is 0 Å². The molecule has 96 valence electrons. The van der Waals surface area contributed by atoms with Crippen molar-refractivity contribution in [3.05, 3.63) is 20.8 Å². The summed E-state index contributed by atoms with van der Waals surface area (Å²) in [5.74, 6) is 0.160. The molecule has 17 heavy (non-hydrogen) atoms. The van der Waals surface area contributed by atoms with Crippen molar-refractivity contribution in [2.24, 2.45) is 0 Å². The van der Waals surface area contributed by atoms with Gasteiger partial charge in [-0.25, -0.2) is 0 Å². The number of halogens is 1. The maximum Gasteiger partial charge on any atom is 0.174 e. The molecule has 0 aliphatic carbocycles. The highest BCUT2D eigenvalue weighted by molar-refractivity contribution is 9.11. The van der Waals surface area contributed by atoms with Gasteiger partial charge >= 0.3 is 0 Å². The molecule has 0 bridgehead atoms. The first-order chi connectivity index (χ1) is 7.94. The number of carbonyl (C=O) groups excluding carboxylic acids is 1. The standard InChI is InChI=1S/C12H18BrNO2S/c1-12(2,6-8-15)14-7-5-9(16)10-3-4-11(13)17-10/h3-4,14-15H,5-8H2,1-2H3. The van der Waals surface area contributed by atoms with Gasteiger partial charge in [0.25, 0.3) is 0 Å². The molecule has 0 aromatic carbocycles. The minimum Gasteiger partial charge on any atom is -0.396 e. The van der Waals surface area contributed by atoms with Crippen LogP contribution < -0.4 is 5.32 Å². The lowest BCUT2D eigenvalue weighted by Crippen LogP contribution is -2.41. The van der Waals surface area contributed by atoms with E-state index in [2.05, 4.69) is 21.2 Å². The van der Waals surface area contributed by atoms with E-state index in [1.165, 1.54) is 11.3 Å². The maximum atomic E-state index is 11.8. The third kappa shape index (κ3) is 5.29. The first kappa shape index (κ1) is 14.8. The normalized spacial score (nSPS) is 11.8. The molecule has 0 atom stereocenters. The van der Waals surface area contributed by atoms with Crippen LogP contribution in [0, 0.1) is 0 Å². The SMILES string of the molecule is CC(C)(CCO)NCCC(=O)c1ccc(Br)s1. The number of aliphatic hydroxyl groups is 1. The van der Waals surface area contributed by atoms with Gasteiger partial charge in [-0.05, 0) is 48.3 Å². The molecule has 1 aromatic heterocycles. The van der Waals surface area contributed by atoms with Gasteiger partial charge in [-0.15, -0.1) is 11.3 Å². The molecule has 0 saturated heterocycles. The van der Waals surface area contributed by atoms with E-state index in [-0.39, 0.29) is 17.9 Å². The summed E-state index contributed by atoms with van der Waals surface area (Å²) in [6.07, 6.45) is 1.17. The fourth-order valence-corrected chi connectivity index (χ4v) is 2.82. The quantitative estimate of drug-likeness (QED) is 0.760. The summed E-state index contributed by atoms with van der Waals surface area (Å²) in [5, 5.41) is 12.2. The third-order valence-corrected chi connectivity index (χ3v) is 4.21. The summed E-state index contributed by atoms with van der Waals surface area (Å²) < 4.78 is 0.981. The number of aliphatic hydroxyl groups excluding tert-OH is 1. The van der Waals surface area contributed by atoms with Crippen molar-refractivity contribution in [2.45, 2.75) is 32.2 Å². The second-order valence-corrected chi connectivity index (χ2v) is 7.02. The maximum absolute atomic E-state index is 11.8. The average Bonchev–Trinajstić information content (AvgIpc) is 2.64. The molecule has 1 heterocycles. The number of carbonyl (C=O) groups is 1. The number of hydrogen-bond acceptors (Lipinski definition) is 4. The minimum absolute atomic E-state index is 0.120. The van der Waals surface area contributed by atoms with Gasteiger partial charge in [0.05, 0.1) is 8.66 Å². The number of rotatable bonds is 7. The van der Waals surface area contributed by atoms with Gasteiger partial charge in [0.1, 0.15) is 0 Å². The van der Waals surface area contributed by atoms with Gasteiger partial charge in [0.15, 0.2) is 5.78 Å². The zero-order chi connectivity index (χ0) is 12.9. The van der Waals surface area contributed by atoms with Crippen LogP contribution in [-0.2, 0) is 0 Å². The molecule has 3 nitrogen and oxygen atoms in total. The molecule has 0 aliphatic rings. The molecule has 0 unspecified atom stereocenters. The van der Waals surface area contributed by atoms with E-state index in [0.717, 1.165) is 8.66 Å². The second kappa shape index (κ2) is 6.64. The summed E-state index contributed by atoms with van der Waals surface area (Å²) in [7, 11) is 0. The van der Waals surface area contributed by atoms with Crippen LogP contribution in [0.25, 0.3) is 0 Å². The zero-order valence-corrected chi connectivity index (χ0v) is 12.5. The van der Waals surface area contributed by atoms with Gasteiger partial charge in [-0.1, -0.05) is 0 Å². The van der Waals surface area contributed by atoms with Gasteiger partial charge in [0.2, 0.25) is 0 Å². The highest BCUT2D eigenvalue weighted by Crippen LogP contribution is 2.23. The molecule has 2 N–H and O–H groups in total. The van der Waals surface area contributed by atoms with E-state index in [9.17, 15) is 4.79 Å². The summed E-state index contributed by atoms with van der Waals surface area (Å²) in [4.78, 5) is 12.6. The number of thiophene rings is 1. The van der Waals surface area contributed by atoms with Crippen LogP contribution in [0.3, 0.4) is 0 Å². The molecule has 0 fully saturated rings. The molecule has 0 saturated carbocycles. The van der Waals surface area contributed by atoms with E-state index in [0.29, 0.717) is 19.4 Å². The Bertz CT molecular complexity index is 376. The van der Waals surface area contributed by atoms with Gasteiger partial charge in [-0.3, -0.25) is 4.79 Å². The van der Waals surface area contributed by atoms with Crippen LogP contribution in [0.4, 0.5) is 0 Å². The monoisotopic (exact) mass is 319 g/mol. The Labute approximate surface area is 114 Å². The molecule has 5 heteroatoms. The van der Waals surface area contributed by atoms with Crippen molar-refractivity contribution in [2.75, 3.05) is 13.2 Å². The van der Waals surface area contributed by atoms with Gasteiger partial charge in [0, 0.05) is 25.1 Å². The first-order valence-corrected chi connectivity index (χ1v) is 7.20. The molecular weight excluding hydrogens is 302 g/mol. The van der Waals surface area contributed by atoms with Crippen LogP contribution in [0.2, 0.25) is 0 Å². The van der Waals surface area contributed by atoms with E-state index >= 15 is 0 Å². The lowest BCUT2D eigenvalue weighted by atomic mass is 10.0.